The molecule has 2 aromatic rings. The van der Waals surface area contributed by atoms with Crippen LogP contribution >= 0.6 is 12.4 Å². The van der Waals surface area contributed by atoms with Crippen molar-refractivity contribution < 1.29 is 4.79 Å². The highest BCUT2D eigenvalue weighted by Gasteiger charge is 2.46. The zero-order valence-corrected chi connectivity index (χ0v) is 13.4. The lowest BCUT2D eigenvalue weighted by Gasteiger charge is -2.28. The number of hydrogen-bond donors (Lipinski definition) is 1. The van der Waals surface area contributed by atoms with Gasteiger partial charge in [-0.1, -0.05) is 30.3 Å². The van der Waals surface area contributed by atoms with E-state index < -0.39 is 0 Å². The molecule has 1 N–H and O–H groups in total. The highest BCUT2D eigenvalue weighted by Crippen LogP contribution is 2.43. The summed E-state index contributed by atoms with van der Waals surface area (Å²) in [6.45, 7) is 2.77. The number of nitrogens with zero attached hydrogens (tertiary/aromatic N) is 3. The number of aromatic nitrogens is 2. The Morgan fingerprint density at radius 1 is 1.13 bits per heavy atom. The van der Waals surface area contributed by atoms with Crippen molar-refractivity contribution in [2.45, 2.75) is 6.04 Å². The third-order valence-corrected chi connectivity index (χ3v) is 4.80. The van der Waals surface area contributed by atoms with Gasteiger partial charge in [-0.2, -0.15) is 10.2 Å². The van der Waals surface area contributed by atoms with Crippen molar-refractivity contribution in [3.8, 4) is 0 Å². The zero-order chi connectivity index (χ0) is 14.9. The summed E-state index contributed by atoms with van der Waals surface area (Å²) in [7, 11) is 0. The van der Waals surface area contributed by atoms with Crippen molar-refractivity contribution in [2.75, 3.05) is 19.6 Å². The maximum atomic E-state index is 12.9. The van der Waals surface area contributed by atoms with Gasteiger partial charge in [0.1, 0.15) is 0 Å². The van der Waals surface area contributed by atoms with Crippen LogP contribution in [-0.4, -0.2) is 40.6 Å². The van der Waals surface area contributed by atoms with Gasteiger partial charge in [0, 0.05) is 25.6 Å². The molecule has 0 spiro atoms. The van der Waals surface area contributed by atoms with Crippen LogP contribution in [0.4, 0.5) is 0 Å². The van der Waals surface area contributed by atoms with E-state index in [9.17, 15) is 4.79 Å². The SMILES string of the molecule is Cl.O=C(c1ccnnc1)N1C[C@@H]2CNC[C@@H]2[C@@H]1c1ccccc1. The molecule has 3 atom stereocenters. The average Bonchev–Trinajstić information content (AvgIpc) is 3.16. The molecule has 0 radical (unpaired) electrons. The summed E-state index contributed by atoms with van der Waals surface area (Å²) in [6.07, 6.45) is 3.12. The predicted octanol–water partition coefficient (Wildman–Crippen LogP) is 1.93. The van der Waals surface area contributed by atoms with E-state index >= 15 is 0 Å². The number of benzene rings is 1. The fourth-order valence-corrected chi connectivity index (χ4v) is 3.79. The Labute approximate surface area is 141 Å². The van der Waals surface area contributed by atoms with Gasteiger partial charge in [0.25, 0.3) is 5.91 Å². The summed E-state index contributed by atoms with van der Waals surface area (Å²) < 4.78 is 0. The minimum atomic E-state index is 0. The number of hydrogen-bond acceptors (Lipinski definition) is 4. The molecule has 0 unspecified atom stereocenters. The Bertz CT molecular complexity index is 667. The summed E-state index contributed by atoms with van der Waals surface area (Å²) in [5, 5.41) is 11.1. The molecule has 0 saturated carbocycles. The van der Waals surface area contributed by atoms with E-state index in [1.54, 1.807) is 18.5 Å². The van der Waals surface area contributed by atoms with Crippen molar-refractivity contribution in [1.82, 2.24) is 20.4 Å². The number of rotatable bonds is 2. The van der Waals surface area contributed by atoms with Gasteiger partial charge >= 0.3 is 0 Å². The minimum Gasteiger partial charge on any atom is -0.331 e. The molecular formula is C17H19ClN4O. The number of carbonyl (C=O) groups is 1. The Hall–Kier alpha value is -1.98. The van der Waals surface area contributed by atoms with Crippen LogP contribution in [0.3, 0.4) is 0 Å². The van der Waals surface area contributed by atoms with E-state index in [1.807, 2.05) is 23.1 Å². The third kappa shape index (κ3) is 2.82. The number of amides is 1. The number of halogens is 1. The summed E-state index contributed by atoms with van der Waals surface area (Å²) >= 11 is 0. The van der Waals surface area contributed by atoms with E-state index in [4.69, 9.17) is 0 Å². The van der Waals surface area contributed by atoms with E-state index in [0.29, 0.717) is 17.4 Å². The Morgan fingerprint density at radius 2 is 1.96 bits per heavy atom. The Kier molecular flexibility index (Phi) is 4.59. The molecule has 1 amide bonds. The summed E-state index contributed by atoms with van der Waals surface area (Å²) in [5.74, 6) is 1.07. The molecule has 120 valence electrons. The van der Waals surface area contributed by atoms with Crippen LogP contribution in [-0.2, 0) is 0 Å². The van der Waals surface area contributed by atoms with Crippen LogP contribution in [0.1, 0.15) is 22.0 Å². The molecule has 2 saturated heterocycles. The number of likely N-dealkylation sites (tertiary alicyclic amines) is 1. The average molecular weight is 331 g/mol. The van der Waals surface area contributed by atoms with Crippen molar-refractivity contribution in [2.24, 2.45) is 11.8 Å². The standard InChI is InChI=1S/C17H18N4O.ClH/c22-17(13-6-7-19-20-9-13)21-11-14-8-18-10-15(14)16(21)12-4-2-1-3-5-12;/h1-7,9,14-16,18H,8,10-11H2;1H/t14-,15-,16-;/m0./s1. The second-order valence-electron chi connectivity index (χ2n) is 6.03. The number of fused-ring (bicyclic) bond motifs is 1. The molecule has 1 aromatic carbocycles. The van der Waals surface area contributed by atoms with Crippen LogP contribution in [0.15, 0.2) is 48.8 Å². The topological polar surface area (TPSA) is 58.1 Å². The number of nitrogens with one attached hydrogen (secondary N) is 1. The van der Waals surface area contributed by atoms with Gasteiger partial charge in [0.05, 0.1) is 24.0 Å². The first-order valence-electron chi connectivity index (χ1n) is 7.68. The molecule has 23 heavy (non-hydrogen) atoms. The molecule has 2 aliphatic rings. The lowest BCUT2D eigenvalue weighted by atomic mass is 9.89. The quantitative estimate of drug-likeness (QED) is 0.914. The lowest BCUT2D eigenvalue weighted by Crippen LogP contribution is -2.34. The van der Waals surface area contributed by atoms with Crippen LogP contribution in [0.2, 0.25) is 0 Å². The second-order valence-corrected chi connectivity index (χ2v) is 6.03. The first kappa shape index (κ1) is 15.9. The summed E-state index contributed by atoms with van der Waals surface area (Å²) in [5.41, 5.74) is 1.83. The third-order valence-electron chi connectivity index (χ3n) is 4.80. The van der Waals surface area contributed by atoms with Gasteiger partial charge < -0.3 is 10.2 Å². The molecule has 6 heteroatoms. The van der Waals surface area contributed by atoms with Crippen LogP contribution in [0.25, 0.3) is 0 Å². The molecule has 1 aromatic heterocycles. The van der Waals surface area contributed by atoms with Gasteiger partial charge in [0.2, 0.25) is 0 Å². The largest absolute Gasteiger partial charge is 0.331 e. The molecule has 0 bridgehead atoms. The highest BCUT2D eigenvalue weighted by atomic mass is 35.5. The van der Waals surface area contributed by atoms with E-state index in [2.05, 4.69) is 27.6 Å². The molecule has 4 rings (SSSR count). The van der Waals surface area contributed by atoms with Crippen LogP contribution < -0.4 is 5.32 Å². The fourth-order valence-electron chi connectivity index (χ4n) is 3.79. The molecular weight excluding hydrogens is 312 g/mol. The van der Waals surface area contributed by atoms with Crippen molar-refractivity contribution >= 4 is 18.3 Å². The summed E-state index contributed by atoms with van der Waals surface area (Å²) in [4.78, 5) is 14.9. The number of carbonyl (C=O) groups excluding carboxylic acids is 1. The van der Waals surface area contributed by atoms with Crippen molar-refractivity contribution in [3.63, 3.8) is 0 Å². The monoisotopic (exact) mass is 330 g/mol. The zero-order valence-electron chi connectivity index (χ0n) is 12.6. The van der Waals surface area contributed by atoms with Gasteiger partial charge in [-0.3, -0.25) is 4.79 Å². The second kappa shape index (κ2) is 6.64. The first-order valence-corrected chi connectivity index (χ1v) is 7.68. The molecule has 0 aliphatic carbocycles. The molecule has 2 fully saturated rings. The maximum absolute atomic E-state index is 12.9. The van der Waals surface area contributed by atoms with Gasteiger partial charge in [-0.05, 0) is 17.5 Å². The predicted molar refractivity (Wildman–Crippen MR) is 89.3 cm³/mol. The van der Waals surface area contributed by atoms with Gasteiger partial charge in [-0.25, -0.2) is 0 Å². The fraction of sp³-hybridized carbons (Fsp3) is 0.353. The van der Waals surface area contributed by atoms with Crippen LogP contribution in [0, 0.1) is 11.8 Å². The minimum absolute atomic E-state index is 0. The molecule has 5 nitrogen and oxygen atoms in total. The Morgan fingerprint density at radius 3 is 2.70 bits per heavy atom. The van der Waals surface area contributed by atoms with Gasteiger partial charge in [-0.15, -0.1) is 12.4 Å². The normalized spacial score (nSPS) is 25.7. The summed E-state index contributed by atoms with van der Waals surface area (Å²) in [6, 6.07) is 12.2. The smallest absolute Gasteiger partial charge is 0.256 e. The van der Waals surface area contributed by atoms with E-state index in [1.165, 1.54) is 5.56 Å². The molecule has 2 aliphatic heterocycles. The van der Waals surface area contributed by atoms with Crippen molar-refractivity contribution in [1.29, 1.82) is 0 Å². The van der Waals surface area contributed by atoms with Gasteiger partial charge in [0.15, 0.2) is 0 Å². The van der Waals surface area contributed by atoms with E-state index in [-0.39, 0.29) is 24.4 Å². The highest BCUT2D eigenvalue weighted by molar-refractivity contribution is 5.94. The Balaban J connectivity index is 0.00000156. The van der Waals surface area contributed by atoms with Crippen LogP contribution in [0.5, 0.6) is 0 Å². The van der Waals surface area contributed by atoms with Crippen molar-refractivity contribution in [3.05, 3.63) is 59.9 Å². The molecule has 3 heterocycles. The first-order chi connectivity index (χ1) is 10.8. The lowest BCUT2D eigenvalue weighted by molar-refractivity contribution is 0.0713. The van der Waals surface area contributed by atoms with E-state index in [0.717, 1.165) is 19.6 Å². The maximum Gasteiger partial charge on any atom is 0.256 e.